The number of rotatable bonds is 6. The lowest BCUT2D eigenvalue weighted by molar-refractivity contribution is -0.0242. The number of benzene rings is 2. The summed E-state index contributed by atoms with van der Waals surface area (Å²) in [5.74, 6) is 1.50. The number of ether oxygens (including phenoxy) is 2. The van der Waals surface area contributed by atoms with Gasteiger partial charge in [-0.3, -0.25) is 4.90 Å². The molecule has 3 fully saturated rings. The number of epoxide rings is 1. The van der Waals surface area contributed by atoms with E-state index in [4.69, 9.17) is 19.6 Å². The van der Waals surface area contributed by atoms with Crippen molar-refractivity contribution in [1.82, 2.24) is 19.5 Å². The average Bonchev–Trinajstić information content (AvgIpc) is 3.58. The molecule has 7 rings (SSSR count). The van der Waals surface area contributed by atoms with Crippen LogP contribution in [0.3, 0.4) is 0 Å². The second-order valence-electron chi connectivity index (χ2n) is 10.5. The first-order chi connectivity index (χ1) is 19.5. The monoisotopic (exact) mass is 541 g/mol. The van der Waals surface area contributed by atoms with Crippen LogP contribution in [0.25, 0.3) is 16.9 Å². The lowest BCUT2D eigenvalue weighted by Gasteiger charge is -2.34. The van der Waals surface area contributed by atoms with Gasteiger partial charge in [-0.25, -0.2) is 14.3 Å². The van der Waals surface area contributed by atoms with Crippen molar-refractivity contribution in [2.24, 2.45) is 0 Å². The molecule has 0 radical (unpaired) electrons. The van der Waals surface area contributed by atoms with Crippen molar-refractivity contribution >= 4 is 28.7 Å². The largest absolute Gasteiger partial charge is 0.390 e. The minimum atomic E-state index is -0.329. The Bertz CT molecular complexity index is 1520. The molecular weight excluding hydrogens is 510 g/mol. The third kappa shape index (κ3) is 4.88. The van der Waals surface area contributed by atoms with Crippen LogP contribution in [-0.2, 0) is 9.47 Å². The molecule has 3 saturated heterocycles. The molecule has 206 valence electrons. The zero-order valence-electron chi connectivity index (χ0n) is 22.1. The summed E-state index contributed by atoms with van der Waals surface area (Å²) in [6, 6.07) is 19.0. The highest BCUT2D eigenvalue weighted by Crippen LogP contribution is 2.42. The maximum atomic E-state index is 12.6. The van der Waals surface area contributed by atoms with E-state index < -0.39 is 0 Å². The van der Waals surface area contributed by atoms with E-state index in [1.807, 2.05) is 71.4 Å². The third-order valence-electron chi connectivity index (χ3n) is 7.63. The van der Waals surface area contributed by atoms with E-state index >= 15 is 0 Å². The third-order valence-corrected chi connectivity index (χ3v) is 7.63. The molecule has 5 heterocycles. The number of hydrogen-bond acceptors (Lipinski definition) is 8. The zero-order chi connectivity index (χ0) is 27.2. The molecule has 2 aromatic carbocycles. The minimum absolute atomic E-state index is 0.0180. The number of morpholine rings is 1. The van der Waals surface area contributed by atoms with E-state index in [2.05, 4.69) is 27.4 Å². The molecule has 0 spiro atoms. The van der Waals surface area contributed by atoms with E-state index in [0.29, 0.717) is 43.5 Å². The van der Waals surface area contributed by atoms with Gasteiger partial charge in [-0.05, 0) is 61.0 Å². The minimum Gasteiger partial charge on any atom is -0.390 e. The summed E-state index contributed by atoms with van der Waals surface area (Å²) >= 11 is 0. The van der Waals surface area contributed by atoms with Gasteiger partial charge in [-0.1, -0.05) is 12.1 Å². The molecule has 0 aliphatic carbocycles. The van der Waals surface area contributed by atoms with Gasteiger partial charge in [-0.2, -0.15) is 0 Å². The number of aromatic nitrogens is 3. The highest BCUT2D eigenvalue weighted by Gasteiger charge is 2.48. The van der Waals surface area contributed by atoms with Crippen molar-refractivity contribution in [1.29, 1.82) is 0 Å². The van der Waals surface area contributed by atoms with Gasteiger partial charge in [0.1, 0.15) is 17.8 Å². The van der Waals surface area contributed by atoms with Crippen LogP contribution in [0.2, 0.25) is 0 Å². The van der Waals surface area contributed by atoms with Crippen LogP contribution < -0.4 is 15.5 Å². The summed E-state index contributed by atoms with van der Waals surface area (Å²) in [4.78, 5) is 22.0. The zero-order valence-corrected chi connectivity index (χ0v) is 22.1. The number of carbonyl (C=O) groups is 1. The second kappa shape index (κ2) is 10.2. The number of nitrogens with one attached hydrogen (secondary N) is 2. The molecular formula is C29H31N7O4. The normalized spacial score (nSPS) is 23.1. The molecule has 11 heteroatoms. The number of aliphatic hydroxyl groups excluding tert-OH is 1. The fraction of sp³-hybridized carbons (Fsp3) is 0.345. The Morgan fingerprint density at radius 2 is 1.75 bits per heavy atom. The molecule has 3 aliphatic rings. The molecule has 11 nitrogen and oxygen atoms in total. The van der Waals surface area contributed by atoms with Crippen LogP contribution in [0.5, 0.6) is 0 Å². The number of likely N-dealkylation sites (tertiary alicyclic amines) is 1. The van der Waals surface area contributed by atoms with Crippen LogP contribution in [-0.4, -0.2) is 81.9 Å². The first-order valence-corrected chi connectivity index (χ1v) is 13.6. The van der Waals surface area contributed by atoms with E-state index in [0.717, 1.165) is 29.0 Å². The average molecular weight is 542 g/mol. The quantitative estimate of drug-likeness (QED) is 0.318. The number of β-amino-alcohol motifs (C(OH)–C–C–N with tert-alkyl or cyclic N) is 1. The Balaban J connectivity index is 0.996. The lowest BCUT2D eigenvalue weighted by atomic mass is 10.1. The van der Waals surface area contributed by atoms with E-state index in [1.54, 1.807) is 0 Å². The van der Waals surface area contributed by atoms with Crippen molar-refractivity contribution in [2.45, 2.75) is 31.4 Å². The van der Waals surface area contributed by atoms with Crippen molar-refractivity contribution in [3.63, 3.8) is 0 Å². The number of aliphatic hydroxyl groups is 1. The van der Waals surface area contributed by atoms with Gasteiger partial charge < -0.3 is 30.1 Å². The summed E-state index contributed by atoms with van der Waals surface area (Å²) in [5.41, 5.74) is 4.22. The maximum Gasteiger partial charge on any atom is 0.323 e. The summed E-state index contributed by atoms with van der Waals surface area (Å²) < 4.78 is 13.2. The molecule has 4 aromatic rings. The topological polar surface area (TPSA) is 120 Å². The van der Waals surface area contributed by atoms with Crippen LogP contribution in [0, 0.1) is 0 Å². The standard InChI is InChI=1S/C29H31N7O4/c1-18-17-39-14-13-35(18)27-24-3-2-12-36(24)33-26(32-27)20-6-10-22(11-7-20)31-29(38)30-21-8-4-19(5-9-21)25-28(40-25)34-15-23(37)16-34/h2-12,18,23,25,28,37H,13-17H2,1H3,(H2,30,31,38)/t18-,25?,28?/m1/s1. The summed E-state index contributed by atoms with van der Waals surface area (Å²) in [6.45, 7) is 5.57. The van der Waals surface area contributed by atoms with Gasteiger partial charge in [-0.15, -0.1) is 5.10 Å². The fourth-order valence-corrected chi connectivity index (χ4v) is 5.37. The van der Waals surface area contributed by atoms with Crippen molar-refractivity contribution < 1.29 is 19.4 Å². The molecule has 0 saturated carbocycles. The highest BCUT2D eigenvalue weighted by atomic mass is 16.6. The number of amides is 2. The first kappa shape index (κ1) is 25.0. The molecule has 3 atom stereocenters. The number of fused-ring (bicyclic) bond motifs is 1. The van der Waals surface area contributed by atoms with Crippen LogP contribution >= 0.6 is 0 Å². The summed E-state index contributed by atoms with van der Waals surface area (Å²) in [6.07, 6.45) is 1.74. The lowest BCUT2D eigenvalue weighted by Crippen LogP contribution is -2.52. The Labute approximate surface area is 231 Å². The summed E-state index contributed by atoms with van der Waals surface area (Å²) in [7, 11) is 0. The predicted octanol–water partition coefficient (Wildman–Crippen LogP) is 3.34. The van der Waals surface area contributed by atoms with E-state index in [1.165, 1.54) is 0 Å². The SMILES string of the molecule is C[C@@H]1COCCN1c1nc(-c2ccc(NC(=O)Nc3ccc(C4OC4N4CC(O)C4)cc3)cc2)nn2cccc12. The molecule has 2 amide bonds. The smallest absolute Gasteiger partial charge is 0.323 e. The molecule has 3 aliphatic heterocycles. The number of anilines is 3. The van der Waals surface area contributed by atoms with Gasteiger partial charge in [0.25, 0.3) is 0 Å². The molecule has 2 unspecified atom stereocenters. The van der Waals surface area contributed by atoms with Gasteiger partial charge in [0.15, 0.2) is 11.6 Å². The van der Waals surface area contributed by atoms with E-state index in [-0.39, 0.29) is 30.5 Å². The van der Waals surface area contributed by atoms with E-state index in [9.17, 15) is 9.90 Å². The van der Waals surface area contributed by atoms with Crippen molar-refractivity contribution in [3.05, 3.63) is 72.4 Å². The van der Waals surface area contributed by atoms with Gasteiger partial charge in [0.05, 0.1) is 25.4 Å². The Hall–Kier alpha value is -4.03. The van der Waals surface area contributed by atoms with Crippen LogP contribution in [0.1, 0.15) is 18.6 Å². The van der Waals surface area contributed by atoms with Crippen LogP contribution in [0.4, 0.5) is 22.0 Å². The van der Waals surface area contributed by atoms with Gasteiger partial charge in [0.2, 0.25) is 0 Å². The molecule has 40 heavy (non-hydrogen) atoms. The molecule has 2 aromatic heterocycles. The van der Waals surface area contributed by atoms with Gasteiger partial charge >= 0.3 is 6.03 Å². The second-order valence-corrected chi connectivity index (χ2v) is 10.5. The first-order valence-electron chi connectivity index (χ1n) is 13.6. The van der Waals surface area contributed by atoms with Gasteiger partial charge in [0, 0.05) is 42.8 Å². The predicted molar refractivity (Wildman–Crippen MR) is 150 cm³/mol. The number of hydrogen-bond donors (Lipinski definition) is 3. The van der Waals surface area contributed by atoms with Crippen molar-refractivity contribution in [2.75, 3.05) is 48.4 Å². The number of carbonyl (C=O) groups excluding carboxylic acids is 1. The van der Waals surface area contributed by atoms with Crippen molar-refractivity contribution in [3.8, 4) is 11.4 Å². The Morgan fingerprint density at radius 3 is 2.45 bits per heavy atom. The summed E-state index contributed by atoms with van der Waals surface area (Å²) in [5, 5.41) is 19.9. The molecule has 0 bridgehead atoms. The highest BCUT2D eigenvalue weighted by molar-refractivity contribution is 5.99. The fourth-order valence-electron chi connectivity index (χ4n) is 5.37. The number of nitrogens with zero attached hydrogens (tertiary/aromatic N) is 5. The maximum absolute atomic E-state index is 12.6. The van der Waals surface area contributed by atoms with Crippen LogP contribution in [0.15, 0.2) is 66.9 Å². The Morgan fingerprint density at radius 1 is 1.02 bits per heavy atom. The number of urea groups is 1. The Kier molecular flexibility index (Phi) is 6.35. The molecule has 3 N–H and O–H groups in total.